The third kappa shape index (κ3) is 3.68. The molecule has 0 aliphatic heterocycles. The monoisotopic (exact) mass is 318 g/mol. The molecular weight excluding hydrogens is 300 g/mol. The smallest absolute Gasteiger partial charge is 0.191 e. The quantitative estimate of drug-likeness (QED) is 0.512. The van der Waals surface area contributed by atoms with E-state index in [0.717, 1.165) is 16.6 Å². The molecule has 3 rings (SSSR count). The first kappa shape index (κ1) is 14.7. The van der Waals surface area contributed by atoms with E-state index in [9.17, 15) is 0 Å². The summed E-state index contributed by atoms with van der Waals surface area (Å²) in [5.74, 6) is 1.26. The zero-order valence-corrected chi connectivity index (χ0v) is 13.7. The normalized spacial score (nSPS) is 15.9. The first-order valence-electron chi connectivity index (χ1n) is 6.97. The molecule has 1 atom stereocenters. The fourth-order valence-electron chi connectivity index (χ4n) is 2.15. The van der Waals surface area contributed by atoms with Crippen LogP contribution in [-0.2, 0) is 0 Å². The Morgan fingerprint density at radius 3 is 2.81 bits per heavy atom. The standard InChI is InChI=1S/C15H18N4S2/c1-9(12-7-11(5-6-17-12)10-3-4-10)21-15-18-13(16)8-14(19-15)20-2/h5-10H,3-4H2,1-2H3,(H2,16,18,19). The molecule has 4 nitrogen and oxygen atoms in total. The average Bonchev–Trinajstić information content (AvgIpc) is 3.31. The predicted molar refractivity (Wildman–Crippen MR) is 88.7 cm³/mol. The minimum atomic E-state index is 0.209. The Bertz CT molecular complexity index is 643. The van der Waals surface area contributed by atoms with Gasteiger partial charge in [0.2, 0.25) is 0 Å². The number of nitrogen functional groups attached to an aromatic ring is 1. The van der Waals surface area contributed by atoms with Crippen molar-refractivity contribution in [1.82, 2.24) is 15.0 Å². The van der Waals surface area contributed by atoms with Gasteiger partial charge in [0, 0.05) is 12.3 Å². The van der Waals surface area contributed by atoms with Gasteiger partial charge in [0.25, 0.3) is 0 Å². The van der Waals surface area contributed by atoms with Gasteiger partial charge < -0.3 is 5.73 Å². The summed E-state index contributed by atoms with van der Waals surface area (Å²) in [4.78, 5) is 13.3. The van der Waals surface area contributed by atoms with Crippen LogP contribution in [0.5, 0.6) is 0 Å². The van der Waals surface area contributed by atoms with E-state index in [-0.39, 0.29) is 5.25 Å². The van der Waals surface area contributed by atoms with Crippen LogP contribution < -0.4 is 5.73 Å². The highest BCUT2D eigenvalue weighted by Crippen LogP contribution is 2.41. The van der Waals surface area contributed by atoms with Crippen molar-refractivity contribution in [2.45, 2.75) is 41.1 Å². The number of thioether (sulfide) groups is 2. The van der Waals surface area contributed by atoms with Gasteiger partial charge in [0.05, 0.1) is 10.9 Å². The lowest BCUT2D eigenvalue weighted by molar-refractivity contribution is 0.886. The Morgan fingerprint density at radius 2 is 2.10 bits per heavy atom. The summed E-state index contributed by atoms with van der Waals surface area (Å²) in [6, 6.07) is 6.14. The molecule has 0 amide bonds. The van der Waals surface area contributed by atoms with Crippen molar-refractivity contribution in [3.05, 3.63) is 35.7 Å². The van der Waals surface area contributed by atoms with E-state index in [0.29, 0.717) is 11.0 Å². The molecule has 1 aliphatic rings. The molecule has 2 aromatic rings. The summed E-state index contributed by atoms with van der Waals surface area (Å²) in [5, 5.41) is 1.82. The van der Waals surface area contributed by atoms with Crippen molar-refractivity contribution in [2.24, 2.45) is 0 Å². The number of nitrogens with two attached hydrogens (primary N) is 1. The molecule has 21 heavy (non-hydrogen) atoms. The zero-order chi connectivity index (χ0) is 14.8. The van der Waals surface area contributed by atoms with Gasteiger partial charge in [0.1, 0.15) is 10.8 Å². The van der Waals surface area contributed by atoms with E-state index in [2.05, 4.69) is 34.0 Å². The molecule has 1 saturated carbocycles. The first-order valence-corrected chi connectivity index (χ1v) is 9.07. The second-order valence-electron chi connectivity index (χ2n) is 5.17. The Morgan fingerprint density at radius 1 is 1.29 bits per heavy atom. The lowest BCUT2D eigenvalue weighted by atomic mass is 10.1. The molecule has 2 heterocycles. The maximum Gasteiger partial charge on any atom is 0.191 e. The second kappa shape index (κ2) is 6.23. The van der Waals surface area contributed by atoms with Crippen LogP contribution in [0.2, 0.25) is 0 Å². The summed E-state index contributed by atoms with van der Waals surface area (Å²) in [5.41, 5.74) is 8.32. The van der Waals surface area contributed by atoms with E-state index in [1.807, 2.05) is 12.5 Å². The largest absolute Gasteiger partial charge is 0.384 e. The molecule has 1 fully saturated rings. The topological polar surface area (TPSA) is 64.7 Å². The summed E-state index contributed by atoms with van der Waals surface area (Å²) in [6.45, 7) is 2.13. The van der Waals surface area contributed by atoms with Crippen molar-refractivity contribution in [3.8, 4) is 0 Å². The average molecular weight is 318 g/mol. The van der Waals surface area contributed by atoms with Crippen molar-refractivity contribution in [3.63, 3.8) is 0 Å². The molecule has 0 spiro atoms. The molecule has 1 aliphatic carbocycles. The summed E-state index contributed by atoms with van der Waals surface area (Å²) < 4.78 is 0. The van der Waals surface area contributed by atoms with Crippen molar-refractivity contribution in [2.75, 3.05) is 12.0 Å². The Balaban J connectivity index is 1.77. The highest BCUT2D eigenvalue weighted by atomic mass is 32.2. The fraction of sp³-hybridized carbons (Fsp3) is 0.400. The molecule has 0 radical (unpaired) electrons. The van der Waals surface area contributed by atoms with Crippen molar-refractivity contribution < 1.29 is 0 Å². The van der Waals surface area contributed by atoms with Gasteiger partial charge in [-0.05, 0) is 49.6 Å². The van der Waals surface area contributed by atoms with Gasteiger partial charge >= 0.3 is 0 Å². The fourth-order valence-corrected chi connectivity index (χ4v) is 3.50. The summed E-state index contributed by atoms with van der Waals surface area (Å²) >= 11 is 3.18. The van der Waals surface area contributed by atoms with E-state index in [4.69, 9.17) is 5.73 Å². The summed E-state index contributed by atoms with van der Waals surface area (Å²) in [6.07, 6.45) is 6.51. The SMILES string of the molecule is CSc1cc(N)nc(SC(C)c2cc(C3CC3)ccn2)n1. The molecule has 6 heteroatoms. The molecule has 0 saturated heterocycles. The molecule has 0 bridgehead atoms. The Labute approximate surface area is 133 Å². The lowest BCUT2D eigenvalue weighted by Crippen LogP contribution is -1.99. The Hall–Kier alpha value is -1.27. The van der Waals surface area contributed by atoms with Crippen LogP contribution in [0.1, 0.15) is 42.2 Å². The van der Waals surface area contributed by atoms with Gasteiger partial charge in [-0.3, -0.25) is 4.98 Å². The number of rotatable bonds is 5. The number of anilines is 1. The minimum Gasteiger partial charge on any atom is -0.384 e. The van der Waals surface area contributed by atoms with Crippen LogP contribution in [0.15, 0.2) is 34.6 Å². The maximum atomic E-state index is 5.83. The lowest BCUT2D eigenvalue weighted by Gasteiger charge is -2.11. The zero-order valence-electron chi connectivity index (χ0n) is 12.1. The van der Waals surface area contributed by atoms with Crippen LogP contribution in [0.4, 0.5) is 5.82 Å². The van der Waals surface area contributed by atoms with Crippen LogP contribution in [0.3, 0.4) is 0 Å². The van der Waals surface area contributed by atoms with E-state index in [1.54, 1.807) is 29.6 Å². The van der Waals surface area contributed by atoms with Crippen LogP contribution >= 0.6 is 23.5 Å². The van der Waals surface area contributed by atoms with Crippen LogP contribution in [-0.4, -0.2) is 21.2 Å². The molecular formula is C15H18N4S2. The van der Waals surface area contributed by atoms with Gasteiger partial charge in [-0.15, -0.1) is 11.8 Å². The van der Waals surface area contributed by atoms with Gasteiger partial charge in [0.15, 0.2) is 5.16 Å². The number of nitrogens with zero attached hydrogens (tertiary/aromatic N) is 3. The van der Waals surface area contributed by atoms with Crippen LogP contribution in [0.25, 0.3) is 0 Å². The second-order valence-corrected chi connectivity index (χ2v) is 7.30. The number of pyridine rings is 1. The molecule has 1 unspecified atom stereocenters. The van der Waals surface area contributed by atoms with Gasteiger partial charge in [-0.2, -0.15) is 0 Å². The van der Waals surface area contributed by atoms with Crippen molar-refractivity contribution >= 4 is 29.3 Å². The highest BCUT2D eigenvalue weighted by Gasteiger charge is 2.24. The Kier molecular flexibility index (Phi) is 4.35. The third-order valence-electron chi connectivity index (χ3n) is 3.46. The third-order valence-corrected chi connectivity index (χ3v) is 5.08. The number of hydrogen-bond donors (Lipinski definition) is 1. The summed E-state index contributed by atoms with van der Waals surface area (Å²) in [7, 11) is 0. The van der Waals surface area contributed by atoms with Crippen molar-refractivity contribution in [1.29, 1.82) is 0 Å². The minimum absolute atomic E-state index is 0.209. The number of aromatic nitrogens is 3. The maximum absolute atomic E-state index is 5.83. The molecule has 110 valence electrons. The van der Waals surface area contributed by atoms with Crippen LogP contribution in [0, 0.1) is 0 Å². The predicted octanol–water partition coefficient (Wildman–Crippen LogP) is 3.91. The van der Waals surface area contributed by atoms with Gasteiger partial charge in [-0.1, -0.05) is 11.8 Å². The molecule has 0 aromatic carbocycles. The highest BCUT2D eigenvalue weighted by molar-refractivity contribution is 7.99. The van der Waals surface area contributed by atoms with E-state index in [1.165, 1.54) is 18.4 Å². The van der Waals surface area contributed by atoms with E-state index < -0.39 is 0 Å². The first-order chi connectivity index (χ1) is 10.2. The number of hydrogen-bond acceptors (Lipinski definition) is 6. The van der Waals surface area contributed by atoms with E-state index >= 15 is 0 Å². The molecule has 2 aromatic heterocycles. The molecule has 2 N–H and O–H groups in total. The van der Waals surface area contributed by atoms with Gasteiger partial charge in [-0.25, -0.2) is 9.97 Å².